The minimum Gasteiger partial charge on any atom is -0.507 e. The van der Waals surface area contributed by atoms with Gasteiger partial charge < -0.3 is 9.52 Å². The molecule has 1 heterocycles. The number of phenols is 1. The van der Waals surface area contributed by atoms with E-state index in [0.717, 1.165) is 11.3 Å². The highest BCUT2D eigenvalue weighted by Gasteiger charge is 2.16. The van der Waals surface area contributed by atoms with Crippen molar-refractivity contribution in [2.75, 3.05) is 0 Å². The molecule has 3 aromatic rings. The molecule has 0 aliphatic rings. The standard InChI is InChI=1S/C13H7NO5S/c15-9-4-5-10-12(20-13(16)19-10)11(9)7-2-1-3-8(6-7)14(17)18/h1-6,15H. The summed E-state index contributed by atoms with van der Waals surface area (Å²) in [6, 6.07) is 8.74. The van der Waals surface area contributed by atoms with E-state index in [1.807, 2.05) is 0 Å². The van der Waals surface area contributed by atoms with Gasteiger partial charge in [-0.3, -0.25) is 10.1 Å². The van der Waals surface area contributed by atoms with E-state index in [2.05, 4.69) is 0 Å². The molecule has 0 atom stereocenters. The molecule has 1 N–H and O–H groups in total. The number of nitro groups is 1. The second-order valence-electron chi connectivity index (χ2n) is 4.05. The summed E-state index contributed by atoms with van der Waals surface area (Å²) in [5, 5.41) is 20.8. The summed E-state index contributed by atoms with van der Waals surface area (Å²) >= 11 is 0.850. The average Bonchev–Trinajstić information content (AvgIpc) is 2.79. The highest BCUT2D eigenvalue weighted by Crippen LogP contribution is 2.38. The summed E-state index contributed by atoms with van der Waals surface area (Å²) in [6.45, 7) is 0. The largest absolute Gasteiger partial charge is 0.507 e. The van der Waals surface area contributed by atoms with Gasteiger partial charge in [-0.05, 0) is 17.7 Å². The zero-order chi connectivity index (χ0) is 14.3. The Labute approximate surface area is 115 Å². The minimum absolute atomic E-state index is 0.0601. The molecule has 0 saturated carbocycles. The van der Waals surface area contributed by atoms with Gasteiger partial charge >= 0.3 is 4.94 Å². The SMILES string of the molecule is O=c1oc2ccc(O)c(-c3cccc([N+](=O)[O-])c3)c2s1. The van der Waals surface area contributed by atoms with Crippen molar-refractivity contribution in [2.24, 2.45) is 0 Å². The van der Waals surface area contributed by atoms with Gasteiger partial charge in [-0.15, -0.1) is 0 Å². The molecule has 0 bridgehead atoms. The maximum Gasteiger partial charge on any atom is 0.396 e. The smallest absolute Gasteiger partial charge is 0.396 e. The molecule has 0 spiro atoms. The van der Waals surface area contributed by atoms with Crippen molar-refractivity contribution in [1.29, 1.82) is 0 Å². The Kier molecular flexibility index (Phi) is 2.76. The molecule has 2 aromatic carbocycles. The number of benzene rings is 2. The Balaban J connectivity index is 2.33. The van der Waals surface area contributed by atoms with E-state index in [-0.39, 0.29) is 11.4 Å². The van der Waals surface area contributed by atoms with Crippen LogP contribution in [0.5, 0.6) is 5.75 Å². The van der Waals surface area contributed by atoms with Crippen LogP contribution in [0.4, 0.5) is 5.69 Å². The molecule has 6 nitrogen and oxygen atoms in total. The summed E-state index contributed by atoms with van der Waals surface area (Å²) in [6.07, 6.45) is 0. The van der Waals surface area contributed by atoms with Gasteiger partial charge in [0.25, 0.3) is 5.69 Å². The molecule has 20 heavy (non-hydrogen) atoms. The van der Waals surface area contributed by atoms with E-state index in [9.17, 15) is 20.0 Å². The van der Waals surface area contributed by atoms with Crippen LogP contribution in [0.25, 0.3) is 21.4 Å². The second kappa shape index (κ2) is 4.46. The summed E-state index contributed by atoms with van der Waals surface area (Å²) in [5.74, 6) is -0.0601. The maximum atomic E-state index is 11.3. The van der Waals surface area contributed by atoms with Crippen molar-refractivity contribution in [3.8, 4) is 16.9 Å². The number of rotatable bonds is 2. The molecule has 7 heteroatoms. The summed E-state index contributed by atoms with van der Waals surface area (Å²) in [7, 11) is 0. The van der Waals surface area contributed by atoms with E-state index >= 15 is 0 Å². The number of aromatic hydroxyl groups is 1. The lowest BCUT2D eigenvalue weighted by Crippen LogP contribution is -1.88. The molecule has 0 amide bonds. The molecule has 0 unspecified atom stereocenters. The lowest BCUT2D eigenvalue weighted by molar-refractivity contribution is -0.384. The van der Waals surface area contributed by atoms with Gasteiger partial charge in [0.2, 0.25) is 0 Å². The Bertz CT molecular complexity index is 880. The van der Waals surface area contributed by atoms with Crippen LogP contribution in [0.2, 0.25) is 0 Å². The van der Waals surface area contributed by atoms with E-state index in [4.69, 9.17) is 4.42 Å². The van der Waals surface area contributed by atoms with E-state index in [0.29, 0.717) is 21.4 Å². The summed E-state index contributed by atoms with van der Waals surface area (Å²) in [5.41, 5.74) is 1.08. The third-order valence-corrected chi connectivity index (χ3v) is 3.68. The molecule has 0 saturated heterocycles. The highest BCUT2D eigenvalue weighted by molar-refractivity contribution is 7.16. The molecule has 0 aliphatic carbocycles. The normalized spacial score (nSPS) is 10.8. The zero-order valence-electron chi connectivity index (χ0n) is 9.90. The first kappa shape index (κ1) is 12.4. The average molecular weight is 289 g/mol. The van der Waals surface area contributed by atoms with Gasteiger partial charge in [0.05, 0.1) is 9.62 Å². The third-order valence-electron chi connectivity index (χ3n) is 2.82. The molecule has 0 fully saturated rings. The van der Waals surface area contributed by atoms with E-state index in [1.165, 1.54) is 30.3 Å². The van der Waals surface area contributed by atoms with Crippen LogP contribution in [0.1, 0.15) is 0 Å². The number of hydrogen-bond acceptors (Lipinski definition) is 6. The predicted molar refractivity (Wildman–Crippen MR) is 74.1 cm³/mol. The first-order chi connectivity index (χ1) is 9.56. The fourth-order valence-electron chi connectivity index (χ4n) is 1.98. The van der Waals surface area contributed by atoms with Crippen LogP contribution in [-0.2, 0) is 0 Å². The van der Waals surface area contributed by atoms with Crippen LogP contribution in [-0.4, -0.2) is 10.0 Å². The molecule has 1 aromatic heterocycles. The van der Waals surface area contributed by atoms with Crippen LogP contribution < -0.4 is 4.94 Å². The number of phenolic OH excluding ortho intramolecular Hbond substituents is 1. The lowest BCUT2D eigenvalue weighted by atomic mass is 10.0. The Morgan fingerprint density at radius 1 is 1.25 bits per heavy atom. The lowest BCUT2D eigenvalue weighted by Gasteiger charge is -2.05. The third kappa shape index (κ3) is 1.94. The number of non-ortho nitro benzene ring substituents is 1. The molecular weight excluding hydrogens is 282 g/mol. The minimum atomic E-state index is -0.515. The first-order valence-corrected chi connectivity index (χ1v) is 6.38. The maximum absolute atomic E-state index is 11.3. The number of nitro benzene ring substituents is 1. The van der Waals surface area contributed by atoms with Gasteiger partial charge in [0, 0.05) is 17.7 Å². The predicted octanol–water partition coefficient (Wildman–Crippen LogP) is 3.14. The summed E-state index contributed by atoms with van der Waals surface area (Å²) in [4.78, 5) is 21.1. The van der Waals surface area contributed by atoms with Gasteiger partial charge in [-0.25, -0.2) is 4.79 Å². The Morgan fingerprint density at radius 2 is 2.05 bits per heavy atom. The monoisotopic (exact) mass is 289 g/mol. The Hall–Kier alpha value is -2.67. The summed E-state index contributed by atoms with van der Waals surface area (Å²) < 4.78 is 5.45. The van der Waals surface area contributed by atoms with Crippen LogP contribution in [0, 0.1) is 10.1 Å². The number of nitrogens with zero attached hydrogens (tertiary/aromatic N) is 1. The molecule has 100 valence electrons. The number of fused-ring (bicyclic) bond motifs is 1. The molecular formula is C13H7NO5S. The first-order valence-electron chi connectivity index (χ1n) is 5.57. The van der Waals surface area contributed by atoms with Crippen molar-refractivity contribution < 1.29 is 14.4 Å². The van der Waals surface area contributed by atoms with E-state index < -0.39 is 9.86 Å². The molecule has 0 aliphatic heterocycles. The quantitative estimate of drug-likeness (QED) is 0.577. The van der Waals surface area contributed by atoms with Gasteiger partial charge in [0.1, 0.15) is 11.3 Å². The van der Waals surface area contributed by atoms with Gasteiger partial charge in [-0.2, -0.15) is 0 Å². The zero-order valence-corrected chi connectivity index (χ0v) is 10.7. The van der Waals surface area contributed by atoms with E-state index in [1.54, 1.807) is 6.07 Å². The molecule has 3 rings (SSSR count). The highest BCUT2D eigenvalue weighted by atomic mass is 32.1. The van der Waals surface area contributed by atoms with Crippen molar-refractivity contribution in [3.05, 3.63) is 56.2 Å². The van der Waals surface area contributed by atoms with Crippen LogP contribution in [0.15, 0.2) is 45.6 Å². The second-order valence-corrected chi connectivity index (χ2v) is 4.99. The Morgan fingerprint density at radius 3 is 2.80 bits per heavy atom. The van der Waals surface area contributed by atoms with Gasteiger partial charge in [-0.1, -0.05) is 23.5 Å². The fourth-order valence-corrected chi connectivity index (χ4v) is 2.82. The van der Waals surface area contributed by atoms with Crippen LogP contribution >= 0.6 is 11.3 Å². The topological polar surface area (TPSA) is 93.6 Å². The van der Waals surface area contributed by atoms with Crippen molar-refractivity contribution in [3.63, 3.8) is 0 Å². The van der Waals surface area contributed by atoms with Crippen molar-refractivity contribution >= 4 is 27.3 Å². The molecule has 0 radical (unpaired) electrons. The number of hydrogen-bond donors (Lipinski definition) is 1. The van der Waals surface area contributed by atoms with Crippen molar-refractivity contribution in [1.82, 2.24) is 0 Å². The van der Waals surface area contributed by atoms with Crippen LogP contribution in [0.3, 0.4) is 0 Å². The fraction of sp³-hybridized carbons (Fsp3) is 0. The van der Waals surface area contributed by atoms with Gasteiger partial charge in [0.15, 0.2) is 0 Å². The van der Waals surface area contributed by atoms with Crippen molar-refractivity contribution in [2.45, 2.75) is 0 Å².